The molecule has 0 saturated carbocycles. The molecular weight excluding hydrogens is 178 g/mol. The minimum atomic E-state index is -0.975. The summed E-state index contributed by atoms with van der Waals surface area (Å²) in [6.07, 6.45) is -2.58. The molecule has 0 aromatic rings. The van der Waals surface area contributed by atoms with E-state index < -0.39 is 18.3 Å². The zero-order valence-corrected chi connectivity index (χ0v) is 7.44. The molecule has 2 heterocycles. The Kier molecular flexibility index (Phi) is 2.31. The first-order chi connectivity index (χ1) is 5.70. The second kappa shape index (κ2) is 3.16. The van der Waals surface area contributed by atoms with Crippen LogP contribution in [-0.4, -0.2) is 62.7 Å². The van der Waals surface area contributed by atoms with Gasteiger partial charge in [0.25, 0.3) is 0 Å². The molecule has 0 radical (unpaired) electrons. The van der Waals surface area contributed by atoms with Crippen LogP contribution in [0.3, 0.4) is 0 Å². The van der Waals surface area contributed by atoms with E-state index in [-0.39, 0.29) is 5.37 Å². The second-order valence-electron chi connectivity index (χ2n) is 3.30. The van der Waals surface area contributed by atoms with Crippen LogP contribution in [0.4, 0.5) is 0 Å². The number of hydrogen-bond acceptors (Lipinski definition) is 5. The summed E-state index contributed by atoms with van der Waals surface area (Å²) in [7, 11) is 0. The quantitative estimate of drug-likeness (QED) is 0.433. The van der Waals surface area contributed by atoms with Crippen LogP contribution in [0.5, 0.6) is 0 Å². The van der Waals surface area contributed by atoms with E-state index in [1.165, 1.54) is 0 Å². The van der Waals surface area contributed by atoms with Crippen LogP contribution in [0, 0.1) is 0 Å². The zero-order chi connectivity index (χ0) is 8.72. The summed E-state index contributed by atoms with van der Waals surface area (Å²) in [5.74, 6) is 0.973. The SMILES string of the molecule is O[C@@H]1[C@H](O)[C@H]2SCCN2C[C@H]1O. The molecule has 5 heteroatoms. The maximum atomic E-state index is 9.55. The third kappa shape index (κ3) is 1.25. The largest absolute Gasteiger partial charge is 0.389 e. The van der Waals surface area contributed by atoms with Crippen LogP contribution < -0.4 is 0 Å². The second-order valence-corrected chi connectivity index (χ2v) is 4.53. The van der Waals surface area contributed by atoms with Crippen molar-refractivity contribution >= 4 is 11.8 Å². The summed E-state index contributed by atoms with van der Waals surface area (Å²) in [5.41, 5.74) is 0. The van der Waals surface area contributed by atoms with Gasteiger partial charge in [-0.3, -0.25) is 4.90 Å². The molecule has 2 aliphatic rings. The molecule has 0 aliphatic carbocycles. The fourth-order valence-electron chi connectivity index (χ4n) is 1.78. The van der Waals surface area contributed by atoms with Crippen LogP contribution in [0.25, 0.3) is 0 Å². The molecule has 4 nitrogen and oxygen atoms in total. The summed E-state index contributed by atoms with van der Waals surface area (Å²) in [5, 5.41) is 28.2. The minimum absolute atomic E-state index is 0.0107. The highest BCUT2D eigenvalue weighted by Gasteiger charge is 2.43. The number of rotatable bonds is 0. The fraction of sp³-hybridized carbons (Fsp3) is 1.00. The molecule has 0 bridgehead atoms. The molecule has 2 saturated heterocycles. The highest BCUT2D eigenvalue weighted by atomic mass is 32.2. The van der Waals surface area contributed by atoms with Gasteiger partial charge in [0.1, 0.15) is 12.2 Å². The predicted molar refractivity (Wildman–Crippen MR) is 45.8 cm³/mol. The summed E-state index contributed by atoms with van der Waals surface area (Å²) < 4.78 is 0. The lowest BCUT2D eigenvalue weighted by molar-refractivity contribution is -0.114. The molecule has 0 amide bonds. The predicted octanol–water partition coefficient (Wildman–Crippen LogP) is -1.54. The first-order valence-corrected chi connectivity index (χ1v) is 5.15. The Bertz CT molecular complexity index is 180. The van der Waals surface area contributed by atoms with Gasteiger partial charge in [-0.2, -0.15) is 0 Å². The first kappa shape index (κ1) is 8.77. The van der Waals surface area contributed by atoms with Crippen molar-refractivity contribution in [2.75, 3.05) is 18.8 Å². The van der Waals surface area contributed by atoms with Gasteiger partial charge in [0.2, 0.25) is 0 Å². The van der Waals surface area contributed by atoms with Gasteiger partial charge < -0.3 is 15.3 Å². The van der Waals surface area contributed by atoms with Gasteiger partial charge in [-0.05, 0) is 0 Å². The first-order valence-electron chi connectivity index (χ1n) is 4.10. The average Bonchev–Trinajstić information content (AvgIpc) is 2.48. The number of piperidine rings is 1. The molecular formula is C7H13NO3S. The van der Waals surface area contributed by atoms with Crippen molar-refractivity contribution in [1.29, 1.82) is 0 Å². The average molecular weight is 191 g/mol. The van der Waals surface area contributed by atoms with Crippen LogP contribution >= 0.6 is 11.8 Å². The Morgan fingerprint density at radius 2 is 1.92 bits per heavy atom. The van der Waals surface area contributed by atoms with Crippen molar-refractivity contribution in [3.8, 4) is 0 Å². The van der Waals surface area contributed by atoms with Gasteiger partial charge in [-0.25, -0.2) is 0 Å². The third-order valence-corrected chi connectivity index (χ3v) is 3.82. The summed E-state index contributed by atoms with van der Waals surface area (Å²) >= 11 is 1.64. The summed E-state index contributed by atoms with van der Waals surface area (Å²) in [6.45, 7) is 1.38. The normalized spacial score (nSPS) is 49.2. The van der Waals surface area contributed by atoms with Gasteiger partial charge in [0.05, 0.1) is 11.5 Å². The van der Waals surface area contributed by atoms with E-state index in [0.717, 1.165) is 12.3 Å². The molecule has 2 aliphatic heterocycles. The van der Waals surface area contributed by atoms with Gasteiger partial charge in [0.15, 0.2) is 0 Å². The van der Waals surface area contributed by atoms with Crippen molar-refractivity contribution in [2.45, 2.75) is 23.7 Å². The van der Waals surface area contributed by atoms with E-state index in [0.29, 0.717) is 6.54 Å². The lowest BCUT2D eigenvalue weighted by Crippen LogP contribution is -2.58. The molecule has 2 rings (SSSR count). The zero-order valence-electron chi connectivity index (χ0n) is 6.63. The molecule has 12 heavy (non-hydrogen) atoms. The smallest absolute Gasteiger partial charge is 0.109 e. The van der Waals surface area contributed by atoms with Crippen molar-refractivity contribution < 1.29 is 15.3 Å². The molecule has 2 fully saturated rings. The summed E-state index contributed by atoms with van der Waals surface area (Å²) in [4.78, 5) is 2.02. The Balaban J connectivity index is 2.10. The van der Waals surface area contributed by atoms with Crippen molar-refractivity contribution in [1.82, 2.24) is 4.90 Å². The Hall–Kier alpha value is 0.190. The van der Waals surface area contributed by atoms with E-state index in [1.807, 2.05) is 4.90 Å². The van der Waals surface area contributed by atoms with Crippen LogP contribution in [0.15, 0.2) is 0 Å². The molecule has 0 unspecified atom stereocenters. The Morgan fingerprint density at radius 3 is 2.67 bits per heavy atom. The fourth-order valence-corrected chi connectivity index (χ4v) is 3.12. The van der Waals surface area contributed by atoms with Gasteiger partial charge >= 0.3 is 0 Å². The van der Waals surface area contributed by atoms with Gasteiger partial charge in [0, 0.05) is 18.8 Å². The lowest BCUT2D eigenvalue weighted by atomic mass is 10.0. The van der Waals surface area contributed by atoms with Crippen LogP contribution in [0.1, 0.15) is 0 Å². The Labute approximate surface area is 75.2 Å². The highest BCUT2D eigenvalue weighted by molar-refractivity contribution is 8.00. The van der Waals surface area contributed by atoms with Crippen molar-refractivity contribution in [2.24, 2.45) is 0 Å². The standard InChI is InChI=1S/C7H13NO3S/c9-4-3-8-1-2-12-7(8)6(11)5(4)10/h4-7,9-11H,1-3H2/t4-,5+,6+,7-/m1/s1. The number of fused-ring (bicyclic) bond motifs is 1. The van der Waals surface area contributed by atoms with Crippen molar-refractivity contribution in [3.63, 3.8) is 0 Å². The number of aliphatic hydroxyl groups excluding tert-OH is 3. The number of nitrogens with zero attached hydrogens (tertiary/aromatic N) is 1. The lowest BCUT2D eigenvalue weighted by Gasteiger charge is -2.39. The topological polar surface area (TPSA) is 63.9 Å². The van der Waals surface area contributed by atoms with E-state index in [4.69, 9.17) is 0 Å². The van der Waals surface area contributed by atoms with E-state index in [2.05, 4.69) is 0 Å². The van der Waals surface area contributed by atoms with Crippen molar-refractivity contribution in [3.05, 3.63) is 0 Å². The number of aliphatic hydroxyl groups is 3. The van der Waals surface area contributed by atoms with E-state index in [9.17, 15) is 15.3 Å². The monoisotopic (exact) mass is 191 g/mol. The molecule has 3 N–H and O–H groups in total. The molecule has 70 valence electrons. The third-order valence-electron chi connectivity index (χ3n) is 2.48. The minimum Gasteiger partial charge on any atom is -0.389 e. The highest BCUT2D eigenvalue weighted by Crippen LogP contribution is 2.32. The van der Waals surface area contributed by atoms with E-state index in [1.54, 1.807) is 11.8 Å². The van der Waals surface area contributed by atoms with Gasteiger partial charge in [-0.15, -0.1) is 11.8 Å². The number of hydrogen-bond donors (Lipinski definition) is 3. The maximum absolute atomic E-state index is 9.55. The maximum Gasteiger partial charge on any atom is 0.109 e. The molecule has 0 spiro atoms. The van der Waals surface area contributed by atoms with E-state index >= 15 is 0 Å². The van der Waals surface area contributed by atoms with Gasteiger partial charge in [-0.1, -0.05) is 0 Å². The Morgan fingerprint density at radius 1 is 1.17 bits per heavy atom. The molecule has 0 aromatic heterocycles. The molecule has 4 atom stereocenters. The van der Waals surface area contributed by atoms with Crippen LogP contribution in [0.2, 0.25) is 0 Å². The number of thioether (sulfide) groups is 1. The molecule has 0 aromatic carbocycles. The van der Waals surface area contributed by atoms with Crippen LogP contribution in [-0.2, 0) is 0 Å². The summed E-state index contributed by atoms with van der Waals surface area (Å²) in [6, 6.07) is 0.